The Kier molecular flexibility index (Phi) is 4.70. The summed E-state index contributed by atoms with van der Waals surface area (Å²) in [5.74, 6) is 3.19. The summed E-state index contributed by atoms with van der Waals surface area (Å²) < 4.78 is 2.54. The van der Waals surface area contributed by atoms with Crippen LogP contribution in [0, 0.1) is 0 Å². The molecule has 4 rings (SSSR count). The Bertz CT molecular complexity index is 590. The molecule has 2 amide bonds. The summed E-state index contributed by atoms with van der Waals surface area (Å²) in [6.07, 6.45) is 9.51. The quantitative estimate of drug-likeness (QED) is 0.909. The maximum absolute atomic E-state index is 12.5. The molecule has 0 bridgehead atoms. The van der Waals surface area contributed by atoms with Crippen molar-refractivity contribution in [2.45, 2.75) is 62.7 Å². The maximum Gasteiger partial charge on any atom is 0.317 e. The maximum atomic E-state index is 12.5. The van der Waals surface area contributed by atoms with E-state index in [1.54, 1.807) is 0 Å². The van der Waals surface area contributed by atoms with E-state index < -0.39 is 0 Å². The molecule has 0 radical (unpaired) electrons. The Morgan fingerprint density at radius 1 is 1.17 bits per heavy atom. The first-order chi connectivity index (χ1) is 11.8. The number of nitrogens with zero attached hydrogens (tertiary/aromatic N) is 4. The van der Waals surface area contributed by atoms with Gasteiger partial charge in [0.15, 0.2) is 0 Å². The van der Waals surface area contributed by atoms with Gasteiger partial charge in [-0.25, -0.2) is 4.79 Å². The summed E-state index contributed by atoms with van der Waals surface area (Å²) in [4.78, 5) is 14.6. The number of urea groups is 1. The first-order valence-electron chi connectivity index (χ1n) is 9.33. The number of aryl methyl sites for hydroxylation is 1. The number of thioether (sulfide) groups is 1. The summed E-state index contributed by atoms with van der Waals surface area (Å²) in [6, 6.07) is 0.0985. The predicted octanol–water partition coefficient (Wildman–Crippen LogP) is 2.23. The monoisotopic (exact) mass is 349 g/mol. The lowest BCUT2D eigenvalue weighted by molar-refractivity contribution is 0.185. The number of aromatic nitrogens is 3. The number of hydrogen-bond acceptors (Lipinski definition) is 4. The van der Waals surface area contributed by atoms with Crippen LogP contribution in [0.2, 0.25) is 0 Å². The van der Waals surface area contributed by atoms with Crippen molar-refractivity contribution < 1.29 is 4.79 Å². The molecule has 2 fully saturated rings. The molecule has 24 heavy (non-hydrogen) atoms. The number of hydrogen-bond donors (Lipinski definition) is 1. The second kappa shape index (κ2) is 6.94. The van der Waals surface area contributed by atoms with Crippen molar-refractivity contribution in [1.82, 2.24) is 25.0 Å². The third-order valence-electron chi connectivity index (χ3n) is 5.61. The molecular formula is C17H27N5OS. The van der Waals surface area contributed by atoms with Gasteiger partial charge < -0.3 is 14.8 Å². The molecule has 1 aromatic heterocycles. The molecule has 132 valence electrons. The second-order valence-corrected chi connectivity index (χ2v) is 8.85. The average molecular weight is 350 g/mol. The molecule has 0 aromatic carbocycles. The first kappa shape index (κ1) is 16.2. The van der Waals surface area contributed by atoms with E-state index in [0.717, 1.165) is 56.3 Å². The van der Waals surface area contributed by atoms with Crippen molar-refractivity contribution in [2.24, 2.45) is 0 Å². The molecule has 1 N–H and O–H groups in total. The van der Waals surface area contributed by atoms with Crippen LogP contribution in [0.25, 0.3) is 0 Å². The van der Waals surface area contributed by atoms with Gasteiger partial charge in [-0.05, 0) is 19.3 Å². The van der Waals surface area contributed by atoms with Crippen LogP contribution < -0.4 is 5.32 Å². The molecule has 0 atom stereocenters. The van der Waals surface area contributed by atoms with E-state index in [9.17, 15) is 4.79 Å². The summed E-state index contributed by atoms with van der Waals surface area (Å²) >= 11 is 2.10. The fourth-order valence-corrected chi connectivity index (χ4v) is 5.87. The van der Waals surface area contributed by atoms with Crippen molar-refractivity contribution in [1.29, 1.82) is 0 Å². The van der Waals surface area contributed by atoms with Crippen LogP contribution >= 0.6 is 11.8 Å². The Hall–Kier alpha value is -1.24. The SMILES string of the molecule is O=C(NCCc1nnc2n1CCC2)N1CCSC2(CCCCC2)C1. The van der Waals surface area contributed by atoms with Gasteiger partial charge >= 0.3 is 6.03 Å². The fraction of sp³-hybridized carbons (Fsp3) is 0.824. The molecule has 3 aliphatic rings. The molecule has 7 heteroatoms. The highest BCUT2D eigenvalue weighted by Gasteiger charge is 2.38. The normalized spacial score (nSPS) is 22.6. The zero-order chi connectivity index (χ0) is 16.4. The van der Waals surface area contributed by atoms with E-state index in [1.165, 1.54) is 32.1 Å². The number of carbonyl (C=O) groups excluding carboxylic acids is 1. The van der Waals surface area contributed by atoms with Crippen molar-refractivity contribution in [3.05, 3.63) is 11.6 Å². The third-order valence-corrected chi connectivity index (χ3v) is 7.15. The number of rotatable bonds is 3. The van der Waals surface area contributed by atoms with E-state index in [4.69, 9.17) is 0 Å². The van der Waals surface area contributed by atoms with Crippen LogP contribution in [-0.4, -0.2) is 55.8 Å². The standard InChI is InChI=1S/C17H27N5OS/c23-16(18-9-6-15-20-19-14-5-4-10-22(14)15)21-11-12-24-17(13-21)7-2-1-3-8-17/h1-13H2,(H,18,23). The minimum Gasteiger partial charge on any atom is -0.338 e. The highest BCUT2D eigenvalue weighted by molar-refractivity contribution is 8.00. The molecule has 1 aromatic rings. The molecule has 0 unspecified atom stereocenters. The molecule has 1 spiro atoms. The summed E-state index contributed by atoms with van der Waals surface area (Å²) in [5.41, 5.74) is 0. The van der Waals surface area contributed by atoms with Gasteiger partial charge in [-0.15, -0.1) is 10.2 Å². The van der Waals surface area contributed by atoms with Crippen LogP contribution in [-0.2, 0) is 19.4 Å². The minimum atomic E-state index is 0.0985. The minimum absolute atomic E-state index is 0.0985. The molecule has 1 saturated heterocycles. The Morgan fingerprint density at radius 2 is 2.04 bits per heavy atom. The van der Waals surface area contributed by atoms with E-state index in [0.29, 0.717) is 11.3 Å². The zero-order valence-electron chi connectivity index (χ0n) is 14.3. The van der Waals surface area contributed by atoms with Gasteiger partial charge in [0.2, 0.25) is 0 Å². The summed E-state index contributed by atoms with van der Waals surface area (Å²) in [6.45, 7) is 3.47. The predicted molar refractivity (Wildman–Crippen MR) is 95.3 cm³/mol. The Morgan fingerprint density at radius 3 is 2.92 bits per heavy atom. The van der Waals surface area contributed by atoms with Crippen LogP contribution in [0.4, 0.5) is 4.79 Å². The van der Waals surface area contributed by atoms with Crippen molar-refractivity contribution in [3.8, 4) is 0 Å². The molecule has 1 aliphatic carbocycles. The van der Waals surface area contributed by atoms with Gasteiger partial charge in [-0.1, -0.05) is 19.3 Å². The molecule has 3 heterocycles. The molecule has 6 nitrogen and oxygen atoms in total. The number of carbonyl (C=O) groups is 1. The van der Waals surface area contributed by atoms with Crippen LogP contribution in [0.3, 0.4) is 0 Å². The van der Waals surface area contributed by atoms with E-state index >= 15 is 0 Å². The highest BCUT2D eigenvalue weighted by atomic mass is 32.2. The smallest absolute Gasteiger partial charge is 0.317 e. The Labute approximate surface area is 147 Å². The molecule has 1 saturated carbocycles. The van der Waals surface area contributed by atoms with Gasteiger partial charge in [0, 0.05) is 49.5 Å². The number of nitrogens with one attached hydrogen (secondary N) is 1. The van der Waals surface area contributed by atoms with E-state index in [2.05, 4.69) is 31.8 Å². The largest absolute Gasteiger partial charge is 0.338 e. The average Bonchev–Trinajstić information content (AvgIpc) is 3.20. The fourth-order valence-electron chi connectivity index (χ4n) is 4.31. The van der Waals surface area contributed by atoms with Gasteiger partial charge in [0.25, 0.3) is 0 Å². The lowest BCUT2D eigenvalue weighted by atomic mass is 9.87. The van der Waals surface area contributed by atoms with Gasteiger partial charge in [0.05, 0.1) is 0 Å². The number of fused-ring (bicyclic) bond motifs is 1. The lowest BCUT2D eigenvalue weighted by Gasteiger charge is -2.44. The third kappa shape index (κ3) is 3.27. The van der Waals surface area contributed by atoms with Gasteiger partial charge in [-0.3, -0.25) is 0 Å². The topological polar surface area (TPSA) is 63.1 Å². The van der Waals surface area contributed by atoms with Crippen LogP contribution in [0.15, 0.2) is 0 Å². The van der Waals surface area contributed by atoms with Crippen molar-refractivity contribution >= 4 is 17.8 Å². The summed E-state index contributed by atoms with van der Waals surface area (Å²) in [7, 11) is 0. The first-order valence-corrected chi connectivity index (χ1v) is 10.3. The van der Waals surface area contributed by atoms with E-state index in [-0.39, 0.29) is 6.03 Å². The van der Waals surface area contributed by atoms with E-state index in [1.807, 2.05) is 4.90 Å². The highest BCUT2D eigenvalue weighted by Crippen LogP contribution is 2.42. The van der Waals surface area contributed by atoms with Crippen LogP contribution in [0.1, 0.15) is 50.2 Å². The summed E-state index contributed by atoms with van der Waals surface area (Å²) in [5, 5.41) is 11.6. The zero-order valence-corrected chi connectivity index (χ0v) is 15.1. The molecule has 2 aliphatic heterocycles. The number of amides is 2. The lowest BCUT2D eigenvalue weighted by Crippen LogP contribution is -2.53. The van der Waals surface area contributed by atoms with Crippen molar-refractivity contribution in [2.75, 3.05) is 25.4 Å². The molecular weight excluding hydrogens is 322 g/mol. The van der Waals surface area contributed by atoms with Gasteiger partial charge in [0.1, 0.15) is 11.6 Å². The van der Waals surface area contributed by atoms with Crippen LogP contribution in [0.5, 0.6) is 0 Å². The van der Waals surface area contributed by atoms with Crippen molar-refractivity contribution in [3.63, 3.8) is 0 Å². The Balaban J connectivity index is 1.28. The van der Waals surface area contributed by atoms with Gasteiger partial charge in [-0.2, -0.15) is 11.8 Å². The second-order valence-electron chi connectivity index (χ2n) is 7.28.